The van der Waals surface area contributed by atoms with Gasteiger partial charge in [0.05, 0.1) is 10.5 Å². The third-order valence-electron chi connectivity index (χ3n) is 3.20. The lowest BCUT2D eigenvalue weighted by Crippen LogP contribution is -2.12. The fourth-order valence-electron chi connectivity index (χ4n) is 2.07. The van der Waals surface area contributed by atoms with Gasteiger partial charge >= 0.3 is 5.97 Å². The number of benzene rings is 2. The molecule has 0 spiro atoms. The van der Waals surface area contributed by atoms with Gasteiger partial charge in [-0.1, -0.05) is 12.1 Å². The number of rotatable bonds is 6. The molecule has 0 heterocycles. The lowest BCUT2D eigenvalue weighted by molar-refractivity contribution is -0.385. The highest BCUT2D eigenvalue weighted by Gasteiger charge is 2.14. The minimum Gasteiger partial charge on any atom is -0.490 e. The Hall–Kier alpha value is -2.89. The average molecular weight is 315 g/mol. The second-order valence-electron chi connectivity index (χ2n) is 5.06. The van der Waals surface area contributed by atoms with E-state index in [0.29, 0.717) is 11.3 Å². The van der Waals surface area contributed by atoms with Gasteiger partial charge in [-0.3, -0.25) is 10.1 Å². The van der Waals surface area contributed by atoms with Gasteiger partial charge in [-0.2, -0.15) is 0 Å². The van der Waals surface area contributed by atoms with Crippen molar-refractivity contribution >= 4 is 11.7 Å². The lowest BCUT2D eigenvalue weighted by Gasteiger charge is -2.08. The molecule has 0 aromatic heterocycles. The number of hydrogen-bond acceptors (Lipinski definition) is 5. The molecule has 6 nitrogen and oxygen atoms in total. The third kappa shape index (κ3) is 4.54. The Morgan fingerprint density at radius 1 is 1.13 bits per heavy atom. The maximum Gasteiger partial charge on any atom is 0.338 e. The lowest BCUT2D eigenvalue weighted by atomic mass is 10.1. The van der Waals surface area contributed by atoms with E-state index < -0.39 is 10.9 Å². The summed E-state index contributed by atoms with van der Waals surface area (Å²) in [5.74, 6) is 0.183. The fraction of sp³-hybridized carbons (Fsp3) is 0.235. The van der Waals surface area contributed by atoms with Gasteiger partial charge in [0.1, 0.15) is 19.0 Å². The first-order chi connectivity index (χ1) is 11.0. The Balaban J connectivity index is 1.85. The molecule has 2 rings (SSSR count). The molecule has 0 N–H and O–H groups in total. The summed E-state index contributed by atoms with van der Waals surface area (Å²) in [4.78, 5) is 22.2. The number of hydrogen-bond donors (Lipinski definition) is 0. The molecule has 0 amide bonds. The number of nitro benzene ring substituents is 1. The van der Waals surface area contributed by atoms with E-state index in [1.807, 2.05) is 31.2 Å². The van der Waals surface area contributed by atoms with Crippen molar-refractivity contribution in [2.45, 2.75) is 13.8 Å². The zero-order valence-electron chi connectivity index (χ0n) is 12.9. The number of carbonyl (C=O) groups excluding carboxylic acids is 1. The molecule has 6 heteroatoms. The van der Waals surface area contributed by atoms with Crippen LogP contribution in [0, 0.1) is 24.0 Å². The van der Waals surface area contributed by atoms with Gasteiger partial charge in [0, 0.05) is 11.6 Å². The van der Waals surface area contributed by atoms with E-state index in [0.717, 1.165) is 5.56 Å². The zero-order valence-corrected chi connectivity index (χ0v) is 12.9. The molecule has 0 unspecified atom stereocenters. The zero-order chi connectivity index (χ0) is 16.8. The first-order valence-corrected chi connectivity index (χ1v) is 7.09. The van der Waals surface area contributed by atoms with Crippen molar-refractivity contribution in [3.05, 3.63) is 69.3 Å². The summed E-state index contributed by atoms with van der Waals surface area (Å²) in [6.45, 7) is 3.88. The van der Waals surface area contributed by atoms with Crippen molar-refractivity contribution < 1.29 is 19.2 Å². The first kappa shape index (κ1) is 16.5. The van der Waals surface area contributed by atoms with Gasteiger partial charge in [0.2, 0.25) is 0 Å². The SMILES string of the molecule is Cc1cccc(OCCOC(=O)c2ccc([N+](=O)[O-])c(C)c2)c1. The Bertz CT molecular complexity index is 727. The summed E-state index contributed by atoms with van der Waals surface area (Å²) >= 11 is 0. The molecule has 2 aromatic carbocycles. The largest absolute Gasteiger partial charge is 0.490 e. The van der Waals surface area contributed by atoms with E-state index in [4.69, 9.17) is 9.47 Å². The summed E-state index contributed by atoms with van der Waals surface area (Å²) in [7, 11) is 0. The third-order valence-corrected chi connectivity index (χ3v) is 3.20. The Morgan fingerprint density at radius 2 is 1.91 bits per heavy atom. The van der Waals surface area contributed by atoms with Crippen LogP contribution in [0.2, 0.25) is 0 Å². The summed E-state index contributed by atoms with van der Waals surface area (Å²) in [6, 6.07) is 11.7. The highest BCUT2D eigenvalue weighted by molar-refractivity contribution is 5.90. The van der Waals surface area contributed by atoms with Crippen molar-refractivity contribution in [2.75, 3.05) is 13.2 Å². The van der Waals surface area contributed by atoms with Gasteiger partial charge in [-0.15, -0.1) is 0 Å². The van der Waals surface area contributed by atoms with Gasteiger partial charge in [-0.25, -0.2) is 4.79 Å². The van der Waals surface area contributed by atoms with Crippen LogP contribution in [0.5, 0.6) is 5.75 Å². The normalized spacial score (nSPS) is 10.2. The van der Waals surface area contributed by atoms with Crippen LogP contribution < -0.4 is 4.74 Å². The minimum atomic E-state index is -0.532. The van der Waals surface area contributed by atoms with Gasteiger partial charge < -0.3 is 9.47 Å². The van der Waals surface area contributed by atoms with Gasteiger partial charge in [-0.05, 0) is 43.7 Å². The van der Waals surface area contributed by atoms with E-state index in [2.05, 4.69) is 0 Å². The van der Waals surface area contributed by atoms with E-state index in [1.165, 1.54) is 18.2 Å². The number of nitrogens with zero attached hydrogens (tertiary/aromatic N) is 1. The predicted octanol–water partition coefficient (Wildman–Crippen LogP) is 3.45. The molecule has 2 aromatic rings. The smallest absolute Gasteiger partial charge is 0.338 e. The molecule has 0 fully saturated rings. The molecule has 0 saturated heterocycles. The predicted molar refractivity (Wildman–Crippen MR) is 84.8 cm³/mol. The molecule has 0 aliphatic heterocycles. The molecule has 0 saturated carbocycles. The van der Waals surface area contributed by atoms with Crippen LogP contribution in [-0.2, 0) is 4.74 Å². The van der Waals surface area contributed by atoms with Gasteiger partial charge in [0.25, 0.3) is 5.69 Å². The summed E-state index contributed by atoms with van der Waals surface area (Å²) in [5, 5.41) is 10.7. The molecular weight excluding hydrogens is 298 g/mol. The minimum absolute atomic E-state index is 0.0238. The first-order valence-electron chi connectivity index (χ1n) is 7.09. The molecule has 0 bridgehead atoms. The van der Waals surface area contributed by atoms with Crippen LogP contribution in [0.25, 0.3) is 0 Å². The van der Waals surface area contributed by atoms with E-state index in [9.17, 15) is 14.9 Å². The van der Waals surface area contributed by atoms with E-state index >= 15 is 0 Å². The van der Waals surface area contributed by atoms with Crippen molar-refractivity contribution in [1.29, 1.82) is 0 Å². The molecule has 0 aliphatic rings. The maximum atomic E-state index is 11.9. The quantitative estimate of drug-likeness (QED) is 0.353. The van der Waals surface area contributed by atoms with Crippen molar-refractivity contribution in [1.82, 2.24) is 0 Å². The number of esters is 1. The Kier molecular flexibility index (Phi) is 5.30. The van der Waals surface area contributed by atoms with Crippen LogP contribution in [0.3, 0.4) is 0 Å². The van der Waals surface area contributed by atoms with Crippen LogP contribution in [0.4, 0.5) is 5.69 Å². The van der Waals surface area contributed by atoms with Gasteiger partial charge in [0.15, 0.2) is 0 Å². The summed E-state index contributed by atoms with van der Waals surface area (Å²) in [6.07, 6.45) is 0. The van der Waals surface area contributed by atoms with Crippen LogP contribution >= 0.6 is 0 Å². The second-order valence-corrected chi connectivity index (χ2v) is 5.06. The molecule has 0 radical (unpaired) electrons. The second kappa shape index (κ2) is 7.40. The molecule has 120 valence electrons. The molecule has 0 atom stereocenters. The monoisotopic (exact) mass is 315 g/mol. The number of ether oxygens (including phenoxy) is 2. The van der Waals surface area contributed by atoms with Crippen molar-refractivity contribution in [3.63, 3.8) is 0 Å². The standard InChI is InChI=1S/C17H17NO5/c1-12-4-3-5-15(10-12)22-8-9-23-17(19)14-6-7-16(18(20)21)13(2)11-14/h3-7,10-11H,8-9H2,1-2H3. The maximum absolute atomic E-state index is 11.9. The molecule has 23 heavy (non-hydrogen) atoms. The topological polar surface area (TPSA) is 78.7 Å². The Labute approximate surface area is 133 Å². The number of carbonyl (C=O) groups is 1. The highest BCUT2D eigenvalue weighted by Crippen LogP contribution is 2.19. The molecular formula is C17H17NO5. The van der Waals surface area contributed by atoms with Crippen molar-refractivity contribution in [3.8, 4) is 5.75 Å². The average Bonchev–Trinajstić information content (AvgIpc) is 2.51. The summed E-state index contributed by atoms with van der Waals surface area (Å²) in [5.41, 5.74) is 1.76. The van der Waals surface area contributed by atoms with Crippen LogP contribution in [-0.4, -0.2) is 24.1 Å². The highest BCUT2D eigenvalue weighted by atomic mass is 16.6. The van der Waals surface area contributed by atoms with E-state index in [1.54, 1.807) is 6.92 Å². The molecule has 0 aliphatic carbocycles. The Morgan fingerprint density at radius 3 is 2.57 bits per heavy atom. The van der Waals surface area contributed by atoms with Crippen LogP contribution in [0.15, 0.2) is 42.5 Å². The van der Waals surface area contributed by atoms with Crippen LogP contribution in [0.1, 0.15) is 21.5 Å². The number of aryl methyl sites for hydroxylation is 2. The summed E-state index contributed by atoms with van der Waals surface area (Å²) < 4.78 is 10.6. The van der Waals surface area contributed by atoms with Crippen molar-refractivity contribution in [2.24, 2.45) is 0 Å². The fourth-order valence-corrected chi connectivity index (χ4v) is 2.07. The number of nitro groups is 1. The van der Waals surface area contributed by atoms with E-state index in [-0.39, 0.29) is 24.5 Å².